The number of rotatable bonds is 4. The highest BCUT2D eigenvalue weighted by atomic mass is 35.5. The maximum Gasteiger partial charge on any atom is 0.406 e. The van der Waals surface area contributed by atoms with Crippen LogP contribution in [0.25, 0.3) is 10.8 Å². The standard InChI is InChI=1S/C14H12ClF3N2O/c15-6-8-20(9-14(16,17)18)13(21)12-11-4-2-1-3-10(11)5-7-19-12/h1-5,7H,6,8-9H2. The van der Waals surface area contributed by atoms with Gasteiger partial charge >= 0.3 is 6.18 Å². The average molecular weight is 317 g/mol. The highest BCUT2D eigenvalue weighted by molar-refractivity contribution is 6.18. The summed E-state index contributed by atoms with van der Waals surface area (Å²) in [6, 6.07) is 8.60. The van der Waals surface area contributed by atoms with Crippen molar-refractivity contribution in [2.45, 2.75) is 6.18 Å². The van der Waals surface area contributed by atoms with E-state index in [4.69, 9.17) is 11.6 Å². The van der Waals surface area contributed by atoms with Gasteiger partial charge in [-0.2, -0.15) is 13.2 Å². The van der Waals surface area contributed by atoms with Crippen LogP contribution in [0.4, 0.5) is 13.2 Å². The van der Waals surface area contributed by atoms with E-state index < -0.39 is 18.6 Å². The van der Waals surface area contributed by atoms with Gasteiger partial charge < -0.3 is 4.90 Å². The normalized spacial score (nSPS) is 11.6. The van der Waals surface area contributed by atoms with E-state index in [0.717, 1.165) is 5.39 Å². The van der Waals surface area contributed by atoms with Crippen molar-refractivity contribution in [2.75, 3.05) is 19.0 Å². The van der Waals surface area contributed by atoms with Gasteiger partial charge in [0.1, 0.15) is 12.2 Å². The van der Waals surface area contributed by atoms with E-state index in [2.05, 4.69) is 4.98 Å². The number of carbonyl (C=O) groups excluding carboxylic acids is 1. The van der Waals surface area contributed by atoms with Crippen LogP contribution in [0.2, 0.25) is 0 Å². The number of fused-ring (bicyclic) bond motifs is 1. The first kappa shape index (κ1) is 15.6. The fourth-order valence-corrected chi connectivity index (χ4v) is 2.21. The molecule has 0 aliphatic carbocycles. The van der Waals surface area contributed by atoms with Gasteiger partial charge in [0, 0.05) is 24.0 Å². The molecule has 1 heterocycles. The largest absolute Gasteiger partial charge is 0.406 e. The molecule has 1 aromatic heterocycles. The number of hydrogen-bond donors (Lipinski definition) is 0. The summed E-state index contributed by atoms with van der Waals surface area (Å²) in [6.45, 7) is -1.53. The van der Waals surface area contributed by atoms with Gasteiger partial charge in [0.05, 0.1) is 0 Å². The van der Waals surface area contributed by atoms with Gasteiger partial charge in [-0.25, -0.2) is 0 Å². The van der Waals surface area contributed by atoms with Gasteiger partial charge in [0.25, 0.3) is 5.91 Å². The van der Waals surface area contributed by atoms with Crippen LogP contribution >= 0.6 is 11.6 Å². The Hall–Kier alpha value is -1.82. The smallest absolute Gasteiger partial charge is 0.327 e. The van der Waals surface area contributed by atoms with Crippen molar-refractivity contribution in [3.63, 3.8) is 0 Å². The Morgan fingerprint density at radius 2 is 1.95 bits per heavy atom. The lowest BCUT2D eigenvalue weighted by atomic mass is 10.1. The van der Waals surface area contributed by atoms with Crippen LogP contribution in [0.15, 0.2) is 36.5 Å². The lowest BCUT2D eigenvalue weighted by Crippen LogP contribution is -2.40. The van der Waals surface area contributed by atoms with Crippen LogP contribution in [-0.4, -0.2) is 40.9 Å². The molecule has 0 unspecified atom stereocenters. The summed E-state index contributed by atoms with van der Waals surface area (Å²) in [5.41, 5.74) is 0.00228. The molecule has 112 valence electrons. The van der Waals surface area contributed by atoms with E-state index in [1.807, 2.05) is 0 Å². The molecular formula is C14H12ClF3N2O. The van der Waals surface area contributed by atoms with Crippen molar-refractivity contribution < 1.29 is 18.0 Å². The lowest BCUT2D eigenvalue weighted by Gasteiger charge is -2.23. The molecular weight excluding hydrogens is 305 g/mol. The molecule has 0 bridgehead atoms. The number of amides is 1. The predicted molar refractivity (Wildman–Crippen MR) is 74.4 cm³/mol. The number of hydrogen-bond acceptors (Lipinski definition) is 2. The first-order valence-electron chi connectivity index (χ1n) is 6.18. The third-order valence-corrected chi connectivity index (χ3v) is 3.06. The van der Waals surface area contributed by atoms with Gasteiger partial charge in [-0.15, -0.1) is 11.6 Å². The monoisotopic (exact) mass is 316 g/mol. The Bertz CT molecular complexity index is 640. The Kier molecular flexibility index (Phi) is 4.67. The van der Waals surface area contributed by atoms with Crippen LogP contribution < -0.4 is 0 Å². The predicted octanol–water partition coefficient (Wildman–Crippen LogP) is 3.48. The summed E-state index contributed by atoms with van der Waals surface area (Å²) >= 11 is 5.49. The Labute approximate surface area is 124 Å². The summed E-state index contributed by atoms with van der Waals surface area (Å²) in [6.07, 6.45) is -3.08. The van der Waals surface area contributed by atoms with Gasteiger partial charge in [0.15, 0.2) is 0 Å². The van der Waals surface area contributed by atoms with E-state index in [-0.39, 0.29) is 18.1 Å². The molecule has 3 nitrogen and oxygen atoms in total. The molecule has 0 radical (unpaired) electrons. The highest BCUT2D eigenvalue weighted by Gasteiger charge is 2.33. The molecule has 2 rings (SSSR count). The zero-order valence-corrected chi connectivity index (χ0v) is 11.7. The minimum atomic E-state index is -4.48. The van der Waals surface area contributed by atoms with Crippen molar-refractivity contribution in [1.29, 1.82) is 0 Å². The molecule has 0 spiro atoms. The quantitative estimate of drug-likeness (QED) is 0.809. The van der Waals surface area contributed by atoms with Gasteiger partial charge in [-0.3, -0.25) is 9.78 Å². The van der Waals surface area contributed by atoms with Crippen molar-refractivity contribution in [3.05, 3.63) is 42.2 Å². The van der Waals surface area contributed by atoms with E-state index in [1.54, 1.807) is 30.3 Å². The maximum absolute atomic E-state index is 12.6. The molecule has 0 N–H and O–H groups in total. The molecule has 0 atom stereocenters. The number of halogens is 4. The zero-order valence-electron chi connectivity index (χ0n) is 10.9. The molecule has 1 aromatic carbocycles. The number of alkyl halides is 4. The summed E-state index contributed by atoms with van der Waals surface area (Å²) < 4.78 is 37.7. The number of aromatic nitrogens is 1. The average Bonchev–Trinajstić information content (AvgIpc) is 2.44. The zero-order chi connectivity index (χ0) is 15.5. The first-order chi connectivity index (χ1) is 9.92. The fourth-order valence-electron chi connectivity index (χ4n) is 2.01. The van der Waals surface area contributed by atoms with Crippen molar-refractivity contribution >= 4 is 28.3 Å². The molecule has 0 aliphatic rings. The number of carbonyl (C=O) groups is 1. The molecule has 21 heavy (non-hydrogen) atoms. The Balaban J connectivity index is 2.39. The van der Waals surface area contributed by atoms with Gasteiger partial charge in [0.2, 0.25) is 0 Å². The first-order valence-corrected chi connectivity index (χ1v) is 6.71. The summed E-state index contributed by atoms with van der Waals surface area (Å²) in [5.74, 6) is -0.850. The highest BCUT2D eigenvalue weighted by Crippen LogP contribution is 2.21. The molecule has 2 aromatic rings. The van der Waals surface area contributed by atoms with Crippen LogP contribution in [0.5, 0.6) is 0 Å². The van der Waals surface area contributed by atoms with E-state index in [1.165, 1.54) is 6.20 Å². The molecule has 1 amide bonds. The molecule has 0 aliphatic heterocycles. The van der Waals surface area contributed by atoms with Crippen LogP contribution in [0.1, 0.15) is 10.5 Å². The second-order valence-corrected chi connectivity index (χ2v) is 4.79. The Morgan fingerprint density at radius 3 is 2.62 bits per heavy atom. The second-order valence-electron chi connectivity index (χ2n) is 4.41. The number of pyridine rings is 1. The maximum atomic E-state index is 12.6. The summed E-state index contributed by atoms with van der Waals surface area (Å²) in [4.78, 5) is 16.9. The SMILES string of the molecule is O=C(c1nccc2ccccc12)N(CCCl)CC(F)(F)F. The molecule has 0 saturated heterocycles. The minimum absolute atomic E-state index is 0.00228. The van der Waals surface area contributed by atoms with Crippen LogP contribution in [-0.2, 0) is 0 Å². The van der Waals surface area contributed by atoms with Crippen molar-refractivity contribution in [1.82, 2.24) is 9.88 Å². The van der Waals surface area contributed by atoms with Gasteiger partial charge in [-0.1, -0.05) is 24.3 Å². The minimum Gasteiger partial charge on any atom is -0.327 e. The van der Waals surface area contributed by atoms with E-state index in [0.29, 0.717) is 10.3 Å². The lowest BCUT2D eigenvalue weighted by molar-refractivity contribution is -0.140. The molecule has 0 fully saturated rings. The molecule has 0 saturated carbocycles. The van der Waals surface area contributed by atoms with Crippen molar-refractivity contribution in [3.8, 4) is 0 Å². The van der Waals surface area contributed by atoms with Gasteiger partial charge in [-0.05, 0) is 11.5 Å². The van der Waals surface area contributed by atoms with E-state index >= 15 is 0 Å². The topological polar surface area (TPSA) is 33.2 Å². The van der Waals surface area contributed by atoms with Crippen LogP contribution in [0, 0.1) is 0 Å². The molecule has 7 heteroatoms. The summed E-state index contributed by atoms with van der Waals surface area (Å²) in [7, 11) is 0. The van der Waals surface area contributed by atoms with Crippen LogP contribution in [0.3, 0.4) is 0 Å². The fraction of sp³-hybridized carbons (Fsp3) is 0.286. The number of benzene rings is 1. The van der Waals surface area contributed by atoms with Crippen molar-refractivity contribution in [2.24, 2.45) is 0 Å². The summed E-state index contributed by atoms with van der Waals surface area (Å²) in [5, 5.41) is 1.26. The number of nitrogens with zero attached hydrogens (tertiary/aromatic N) is 2. The third kappa shape index (κ3) is 3.85. The Morgan fingerprint density at radius 1 is 1.24 bits per heavy atom. The second kappa shape index (κ2) is 6.30. The van der Waals surface area contributed by atoms with E-state index in [9.17, 15) is 18.0 Å². The third-order valence-electron chi connectivity index (χ3n) is 2.89.